The molecule has 0 saturated heterocycles. The van der Waals surface area contributed by atoms with Crippen LogP contribution < -0.4 is 5.32 Å². The molecule has 1 N–H and O–H groups in total. The van der Waals surface area contributed by atoms with Crippen LogP contribution in [0.2, 0.25) is 0 Å². The van der Waals surface area contributed by atoms with Gasteiger partial charge in [-0.25, -0.2) is 9.67 Å². The van der Waals surface area contributed by atoms with Crippen LogP contribution in [0.4, 0.5) is 0 Å². The summed E-state index contributed by atoms with van der Waals surface area (Å²) in [5.41, 5.74) is 1.32. The van der Waals surface area contributed by atoms with Crippen LogP contribution in [-0.2, 0) is 4.74 Å². The zero-order valence-electron chi connectivity index (χ0n) is 13.9. The van der Waals surface area contributed by atoms with Crippen molar-refractivity contribution in [2.45, 2.75) is 44.6 Å². The quantitative estimate of drug-likeness (QED) is 0.794. The second-order valence-electron chi connectivity index (χ2n) is 6.10. The number of carbonyl (C=O) groups excluding carboxylic acids is 1. The summed E-state index contributed by atoms with van der Waals surface area (Å²) in [6.07, 6.45) is 10.5. The summed E-state index contributed by atoms with van der Waals surface area (Å²) < 4.78 is 7.48. The fourth-order valence-corrected chi connectivity index (χ4v) is 3.05. The van der Waals surface area contributed by atoms with Crippen LogP contribution in [0.25, 0.3) is 5.69 Å². The summed E-state index contributed by atoms with van der Waals surface area (Å²) in [7, 11) is 0. The molecule has 1 aromatic carbocycles. The number of nitrogens with zero attached hydrogens (tertiary/aromatic N) is 3. The molecular formula is C18H24N4O2. The third-order valence-electron chi connectivity index (χ3n) is 4.33. The molecule has 1 fully saturated rings. The van der Waals surface area contributed by atoms with Gasteiger partial charge in [0.25, 0.3) is 5.91 Å². The fraction of sp³-hybridized carbons (Fsp3) is 0.500. The Balaban J connectivity index is 1.45. The summed E-state index contributed by atoms with van der Waals surface area (Å²) >= 11 is 0. The van der Waals surface area contributed by atoms with Crippen LogP contribution in [0.15, 0.2) is 36.9 Å². The first-order valence-corrected chi connectivity index (χ1v) is 8.68. The Kier molecular flexibility index (Phi) is 5.96. The minimum absolute atomic E-state index is 0.0984. The van der Waals surface area contributed by atoms with Gasteiger partial charge in [0.2, 0.25) is 0 Å². The highest BCUT2D eigenvalue weighted by Crippen LogP contribution is 2.20. The number of nitrogens with one attached hydrogen (secondary N) is 1. The number of carbonyl (C=O) groups is 1. The topological polar surface area (TPSA) is 69.0 Å². The van der Waals surface area contributed by atoms with Gasteiger partial charge < -0.3 is 10.1 Å². The first kappa shape index (κ1) is 16.6. The zero-order valence-corrected chi connectivity index (χ0v) is 13.9. The highest BCUT2D eigenvalue weighted by Gasteiger charge is 2.14. The molecule has 128 valence electrons. The SMILES string of the molecule is O=C(NCCCOC1CCCCC1)c1ccccc1-n1cncn1. The minimum Gasteiger partial charge on any atom is -0.378 e. The molecule has 2 aromatic rings. The van der Waals surface area contributed by atoms with Crippen LogP contribution in [0.3, 0.4) is 0 Å². The lowest BCUT2D eigenvalue weighted by molar-refractivity contribution is 0.0273. The van der Waals surface area contributed by atoms with E-state index in [0.717, 1.165) is 12.1 Å². The van der Waals surface area contributed by atoms with Gasteiger partial charge in [-0.3, -0.25) is 4.79 Å². The average molecular weight is 328 g/mol. The summed E-state index contributed by atoms with van der Waals surface area (Å²) in [6.45, 7) is 1.31. The third-order valence-corrected chi connectivity index (χ3v) is 4.33. The van der Waals surface area contributed by atoms with Crippen molar-refractivity contribution >= 4 is 5.91 Å². The molecule has 1 saturated carbocycles. The summed E-state index contributed by atoms with van der Waals surface area (Å²) in [6, 6.07) is 7.38. The van der Waals surface area contributed by atoms with E-state index in [0.29, 0.717) is 24.8 Å². The van der Waals surface area contributed by atoms with Gasteiger partial charge in [0.05, 0.1) is 17.4 Å². The molecule has 1 aromatic heterocycles. The molecule has 0 bridgehead atoms. The normalized spacial score (nSPS) is 15.3. The summed E-state index contributed by atoms with van der Waals surface area (Å²) in [5.74, 6) is -0.0984. The smallest absolute Gasteiger partial charge is 0.253 e. The molecule has 0 unspecified atom stereocenters. The second kappa shape index (κ2) is 8.59. The number of rotatable bonds is 7. The highest BCUT2D eigenvalue weighted by molar-refractivity contribution is 5.97. The first-order valence-electron chi connectivity index (χ1n) is 8.68. The standard InChI is InChI=1S/C18H24N4O2/c23-18(20-11-6-12-24-15-7-2-1-3-8-15)16-9-4-5-10-17(16)22-14-19-13-21-22/h4-5,9-10,13-15H,1-3,6-8,11-12H2,(H,20,23). The lowest BCUT2D eigenvalue weighted by atomic mass is 9.98. The summed E-state index contributed by atoms with van der Waals surface area (Å²) in [5, 5.41) is 7.06. The van der Waals surface area contributed by atoms with Crippen LogP contribution in [0, 0.1) is 0 Å². The van der Waals surface area contributed by atoms with Gasteiger partial charge in [-0.2, -0.15) is 5.10 Å². The first-order chi connectivity index (χ1) is 11.8. The molecule has 1 aliphatic rings. The Bertz CT molecular complexity index is 636. The number of hydrogen-bond donors (Lipinski definition) is 1. The molecule has 0 atom stereocenters. The molecule has 1 heterocycles. The van der Waals surface area contributed by atoms with Crippen molar-refractivity contribution in [3.05, 3.63) is 42.5 Å². The van der Waals surface area contributed by atoms with Crippen molar-refractivity contribution < 1.29 is 9.53 Å². The van der Waals surface area contributed by atoms with Crippen LogP contribution in [0.1, 0.15) is 48.9 Å². The van der Waals surface area contributed by atoms with Crippen molar-refractivity contribution in [1.82, 2.24) is 20.1 Å². The Hall–Kier alpha value is -2.21. The lowest BCUT2D eigenvalue weighted by Gasteiger charge is -2.21. The molecule has 0 aliphatic heterocycles. The van der Waals surface area contributed by atoms with Crippen molar-refractivity contribution in [2.75, 3.05) is 13.2 Å². The molecule has 0 spiro atoms. The number of benzene rings is 1. The maximum atomic E-state index is 12.4. The van der Waals surface area contributed by atoms with E-state index in [1.807, 2.05) is 18.2 Å². The van der Waals surface area contributed by atoms with Crippen molar-refractivity contribution in [3.63, 3.8) is 0 Å². The van der Waals surface area contributed by atoms with Gasteiger partial charge in [-0.1, -0.05) is 31.4 Å². The van der Waals surface area contributed by atoms with E-state index in [-0.39, 0.29) is 5.91 Å². The van der Waals surface area contributed by atoms with E-state index in [1.165, 1.54) is 38.4 Å². The second-order valence-corrected chi connectivity index (χ2v) is 6.10. The van der Waals surface area contributed by atoms with E-state index >= 15 is 0 Å². The molecule has 1 amide bonds. The fourth-order valence-electron chi connectivity index (χ4n) is 3.05. The third kappa shape index (κ3) is 4.41. The monoisotopic (exact) mass is 328 g/mol. The molecule has 1 aliphatic carbocycles. The van der Waals surface area contributed by atoms with Gasteiger partial charge in [0.15, 0.2) is 0 Å². The van der Waals surface area contributed by atoms with Crippen molar-refractivity contribution in [3.8, 4) is 5.69 Å². The number of para-hydroxylation sites is 1. The predicted octanol–water partition coefficient (Wildman–Crippen LogP) is 2.74. The Morgan fingerprint density at radius 3 is 2.88 bits per heavy atom. The Morgan fingerprint density at radius 2 is 2.08 bits per heavy atom. The Morgan fingerprint density at radius 1 is 1.25 bits per heavy atom. The molecule has 24 heavy (non-hydrogen) atoms. The van der Waals surface area contributed by atoms with Crippen molar-refractivity contribution in [1.29, 1.82) is 0 Å². The van der Waals surface area contributed by atoms with Gasteiger partial charge in [0, 0.05) is 13.2 Å². The zero-order chi connectivity index (χ0) is 16.6. The van der Waals surface area contributed by atoms with E-state index in [2.05, 4.69) is 15.4 Å². The van der Waals surface area contributed by atoms with Crippen LogP contribution >= 0.6 is 0 Å². The number of hydrogen-bond acceptors (Lipinski definition) is 4. The lowest BCUT2D eigenvalue weighted by Crippen LogP contribution is -2.27. The number of amides is 1. The van der Waals surface area contributed by atoms with E-state index in [4.69, 9.17) is 4.74 Å². The van der Waals surface area contributed by atoms with Crippen LogP contribution in [0.5, 0.6) is 0 Å². The minimum atomic E-state index is -0.0984. The number of ether oxygens (including phenoxy) is 1. The van der Waals surface area contributed by atoms with Crippen LogP contribution in [-0.4, -0.2) is 39.9 Å². The van der Waals surface area contributed by atoms with E-state index in [9.17, 15) is 4.79 Å². The predicted molar refractivity (Wildman–Crippen MR) is 91.1 cm³/mol. The van der Waals surface area contributed by atoms with Gasteiger partial charge in [0.1, 0.15) is 12.7 Å². The molecule has 6 nitrogen and oxygen atoms in total. The van der Waals surface area contributed by atoms with E-state index < -0.39 is 0 Å². The van der Waals surface area contributed by atoms with Gasteiger partial charge in [-0.15, -0.1) is 0 Å². The average Bonchev–Trinajstić information content (AvgIpc) is 3.17. The van der Waals surface area contributed by atoms with Crippen molar-refractivity contribution in [2.24, 2.45) is 0 Å². The molecule has 0 radical (unpaired) electrons. The van der Waals surface area contributed by atoms with Gasteiger partial charge in [-0.05, 0) is 31.4 Å². The highest BCUT2D eigenvalue weighted by atomic mass is 16.5. The summed E-state index contributed by atoms with van der Waals surface area (Å²) in [4.78, 5) is 16.3. The number of aromatic nitrogens is 3. The maximum Gasteiger partial charge on any atom is 0.253 e. The molecule has 6 heteroatoms. The Labute approximate surface area is 142 Å². The largest absolute Gasteiger partial charge is 0.378 e. The van der Waals surface area contributed by atoms with Gasteiger partial charge >= 0.3 is 0 Å². The molecular weight excluding hydrogens is 304 g/mol. The maximum absolute atomic E-state index is 12.4. The molecule has 3 rings (SSSR count). The van der Waals surface area contributed by atoms with E-state index in [1.54, 1.807) is 17.1 Å².